The zero-order valence-electron chi connectivity index (χ0n) is 22.1. The number of halogens is 2. The molecule has 0 aliphatic carbocycles. The number of hydrogen-bond donors (Lipinski definition) is 0. The van der Waals surface area contributed by atoms with Crippen LogP contribution in [0.25, 0.3) is 16.8 Å². The molecule has 0 bridgehead atoms. The van der Waals surface area contributed by atoms with E-state index in [-0.39, 0.29) is 41.1 Å². The summed E-state index contributed by atoms with van der Waals surface area (Å²) in [7, 11) is -4.17. The first-order valence-electron chi connectivity index (χ1n) is 12.7. The first-order valence-corrected chi connectivity index (χ1v) is 16.4. The number of benzene rings is 4. The second-order valence-corrected chi connectivity index (χ2v) is 13.1. The number of fused-ring (bicyclic) bond motifs is 1. The van der Waals surface area contributed by atoms with Gasteiger partial charge in [0.1, 0.15) is 17.3 Å². The molecule has 1 fully saturated rings. The summed E-state index contributed by atoms with van der Waals surface area (Å²) in [5.74, 6) is 0.429. The molecule has 0 radical (unpaired) electrons. The molecule has 8 nitrogen and oxygen atoms in total. The lowest BCUT2D eigenvalue weighted by Crippen LogP contribution is -2.32. The van der Waals surface area contributed by atoms with Gasteiger partial charge in [0.25, 0.3) is 11.1 Å². The van der Waals surface area contributed by atoms with Crippen molar-refractivity contribution in [3.63, 3.8) is 0 Å². The van der Waals surface area contributed by atoms with Gasteiger partial charge in [0.2, 0.25) is 0 Å². The Hall–Kier alpha value is -3.26. The Morgan fingerprint density at radius 1 is 0.952 bits per heavy atom. The van der Waals surface area contributed by atoms with Crippen molar-refractivity contribution in [1.82, 2.24) is 4.90 Å². The first-order chi connectivity index (χ1) is 20.2. The summed E-state index contributed by atoms with van der Waals surface area (Å²) in [6, 6.07) is 22.4. The van der Waals surface area contributed by atoms with Crippen LogP contribution in [0.2, 0.25) is 5.02 Å². The van der Waals surface area contributed by atoms with Crippen molar-refractivity contribution in [2.45, 2.75) is 11.8 Å². The van der Waals surface area contributed by atoms with E-state index in [1.54, 1.807) is 25.1 Å². The maximum Gasteiger partial charge on any atom is 0.339 e. The zero-order valence-corrected chi connectivity index (χ0v) is 26.6. The number of amides is 2. The lowest BCUT2D eigenvalue weighted by Gasteiger charge is -2.15. The van der Waals surface area contributed by atoms with Crippen molar-refractivity contribution in [2.75, 3.05) is 19.8 Å². The number of ether oxygens (including phenoxy) is 2. The molecule has 216 valence electrons. The van der Waals surface area contributed by atoms with Crippen molar-refractivity contribution >= 4 is 84.1 Å². The van der Waals surface area contributed by atoms with Crippen LogP contribution in [-0.4, -0.2) is 44.2 Å². The Kier molecular flexibility index (Phi) is 9.31. The molecule has 1 aliphatic heterocycles. The largest absolute Gasteiger partial charge is 0.491 e. The molecule has 42 heavy (non-hydrogen) atoms. The van der Waals surface area contributed by atoms with E-state index in [0.717, 1.165) is 27.4 Å². The smallest absolute Gasteiger partial charge is 0.339 e. The van der Waals surface area contributed by atoms with Crippen LogP contribution in [0.4, 0.5) is 4.79 Å². The van der Waals surface area contributed by atoms with E-state index in [1.807, 2.05) is 65.1 Å². The van der Waals surface area contributed by atoms with Gasteiger partial charge in [-0.05, 0) is 101 Å². The summed E-state index contributed by atoms with van der Waals surface area (Å²) in [4.78, 5) is 27.1. The molecular formula is C30H23ClINO7S2. The minimum absolute atomic E-state index is 0.0169. The molecule has 0 aromatic heterocycles. The third-order valence-corrected chi connectivity index (χ3v) is 9.32. The highest BCUT2D eigenvalue weighted by molar-refractivity contribution is 14.1. The fraction of sp³-hybridized carbons (Fsp3) is 0.133. The van der Waals surface area contributed by atoms with Gasteiger partial charge in [0.15, 0.2) is 11.5 Å². The van der Waals surface area contributed by atoms with Gasteiger partial charge in [-0.25, -0.2) is 0 Å². The lowest BCUT2D eigenvalue weighted by molar-refractivity contribution is -0.123. The number of carbonyl (C=O) groups excluding carboxylic acids is 2. The molecule has 0 N–H and O–H groups in total. The molecule has 12 heteroatoms. The topological polar surface area (TPSA) is 99.2 Å². The SMILES string of the molecule is CCOc1cc(/C=C2\SC(=O)N(CCOc3cccc4ccccc34)C2=O)cc(I)c1OS(=O)(=O)c1ccc(Cl)cc1. The summed E-state index contributed by atoms with van der Waals surface area (Å²) in [6.07, 6.45) is 1.57. The molecule has 0 spiro atoms. The van der Waals surface area contributed by atoms with Crippen LogP contribution in [0.5, 0.6) is 17.2 Å². The average Bonchev–Trinajstić information content (AvgIpc) is 3.22. The van der Waals surface area contributed by atoms with Gasteiger partial charge >= 0.3 is 10.1 Å². The second kappa shape index (κ2) is 12.9. The summed E-state index contributed by atoms with van der Waals surface area (Å²) in [5.41, 5.74) is 0.539. The van der Waals surface area contributed by atoms with E-state index in [4.69, 9.17) is 25.3 Å². The predicted octanol–water partition coefficient (Wildman–Crippen LogP) is 7.38. The summed E-state index contributed by atoms with van der Waals surface area (Å²) >= 11 is 8.65. The van der Waals surface area contributed by atoms with Crippen LogP contribution in [0, 0.1) is 3.57 Å². The fourth-order valence-electron chi connectivity index (χ4n) is 4.19. The van der Waals surface area contributed by atoms with Gasteiger partial charge in [0.05, 0.1) is 21.6 Å². The van der Waals surface area contributed by atoms with Gasteiger partial charge in [-0.2, -0.15) is 8.42 Å². The highest BCUT2D eigenvalue weighted by atomic mass is 127. The van der Waals surface area contributed by atoms with Crippen LogP contribution >= 0.6 is 46.0 Å². The van der Waals surface area contributed by atoms with Crippen molar-refractivity contribution in [3.8, 4) is 17.2 Å². The van der Waals surface area contributed by atoms with E-state index in [2.05, 4.69) is 0 Å². The molecule has 0 saturated carbocycles. The predicted molar refractivity (Wildman–Crippen MR) is 172 cm³/mol. The summed E-state index contributed by atoms with van der Waals surface area (Å²) < 4.78 is 43.3. The van der Waals surface area contributed by atoms with Gasteiger partial charge in [-0.1, -0.05) is 48.0 Å². The van der Waals surface area contributed by atoms with E-state index >= 15 is 0 Å². The highest BCUT2D eigenvalue weighted by Gasteiger charge is 2.35. The van der Waals surface area contributed by atoms with E-state index in [9.17, 15) is 18.0 Å². The molecule has 0 atom stereocenters. The van der Waals surface area contributed by atoms with Crippen LogP contribution in [0.3, 0.4) is 0 Å². The van der Waals surface area contributed by atoms with Crippen molar-refractivity contribution in [3.05, 3.63) is 97.9 Å². The number of imide groups is 1. The number of rotatable bonds is 10. The molecule has 1 aliphatic rings. The lowest BCUT2D eigenvalue weighted by atomic mass is 10.1. The molecule has 1 heterocycles. The van der Waals surface area contributed by atoms with Crippen molar-refractivity contribution < 1.29 is 31.7 Å². The maximum absolute atomic E-state index is 13.1. The van der Waals surface area contributed by atoms with E-state index in [0.29, 0.717) is 19.9 Å². The molecule has 4 aromatic carbocycles. The van der Waals surface area contributed by atoms with Crippen molar-refractivity contribution in [2.24, 2.45) is 0 Å². The summed E-state index contributed by atoms with van der Waals surface area (Å²) in [5, 5.41) is 1.97. The molecule has 0 unspecified atom stereocenters. The van der Waals surface area contributed by atoms with Gasteiger partial charge < -0.3 is 13.7 Å². The average molecular weight is 736 g/mol. The van der Waals surface area contributed by atoms with E-state index in [1.165, 1.54) is 24.3 Å². The second-order valence-electron chi connectivity index (χ2n) is 8.91. The fourth-order valence-corrected chi connectivity index (χ4v) is 7.02. The molecule has 5 rings (SSSR count). The standard InChI is InChI=1S/C30H23ClINO7S2/c1-2-38-26-17-19(16-24(32)28(26)40-42(36,37)22-12-10-21(31)11-13-22)18-27-29(34)33(30(35)41-27)14-15-39-25-9-5-7-20-6-3-4-8-23(20)25/h3-13,16-18H,2,14-15H2,1H3/b27-18-. The van der Waals surface area contributed by atoms with Gasteiger partial charge in [-0.15, -0.1) is 0 Å². The summed E-state index contributed by atoms with van der Waals surface area (Å²) in [6.45, 7) is 2.22. The van der Waals surface area contributed by atoms with Crippen LogP contribution in [0.1, 0.15) is 12.5 Å². The Bertz CT molecular complexity index is 1810. The molecule has 1 saturated heterocycles. The van der Waals surface area contributed by atoms with Crippen LogP contribution in [-0.2, 0) is 14.9 Å². The Balaban J connectivity index is 1.32. The van der Waals surface area contributed by atoms with Gasteiger partial charge in [0, 0.05) is 10.4 Å². The Morgan fingerprint density at radius 3 is 2.45 bits per heavy atom. The Labute approximate surface area is 265 Å². The number of thioether (sulfide) groups is 1. The quantitative estimate of drug-likeness (QED) is 0.0946. The number of hydrogen-bond acceptors (Lipinski definition) is 8. The van der Waals surface area contributed by atoms with Gasteiger partial charge in [-0.3, -0.25) is 14.5 Å². The highest BCUT2D eigenvalue weighted by Crippen LogP contribution is 2.39. The molecule has 4 aromatic rings. The zero-order chi connectivity index (χ0) is 29.9. The third kappa shape index (κ3) is 6.69. The monoisotopic (exact) mass is 735 g/mol. The van der Waals surface area contributed by atoms with Crippen LogP contribution < -0.4 is 13.7 Å². The number of nitrogens with zero attached hydrogens (tertiary/aromatic N) is 1. The maximum atomic E-state index is 13.1. The van der Waals surface area contributed by atoms with E-state index < -0.39 is 21.3 Å². The minimum atomic E-state index is -4.17. The minimum Gasteiger partial charge on any atom is -0.491 e. The third-order valence-electron chi connectivity index (χ3n) is 6.12. The normalized spacial score (nSPS) is 14.5. The first kappa shape index (κ1) is 30.2. The molecular weight excluding hydrogens is 713 g/mol. The van der Waals surface area contributed by atoms with Crippen LogP contribution in [0.15, 0.2) is 88.7 Å². The van der Waals surface area contributed by atoms with Crippen molar-refractivity contribution in [1.29, 1.82) is 0 Å². The Morgan fingerprint density at radius 2 is 1.69 bits per heavy atom. The number of carbonyl (C=O) groups is 2. The molecule has 2 amide bonds.